The van der Waals surface area contributed by atoms with Gasteiger partial charge in [0, 0.05) is 10.7 Å². The zero-order chi connectivity index (χ0) is 25.2. The smallest absolute Gasteiger partial charge is 0.275 e. The lowest BCUT2D eigenvalue weighted by Crippen LogP contribution is -2.36. The van der Waals surface area contributed by atoms with Crippen LogP contribution in [0.25, 0.3) is 0 Å². The fourth-order valence-corrected chi connectivity index (χ4v) is 4.22. The topological polar surface area (TPSA) is 171 Å². The number of nitrogens with one attached hydrogen (secondary N) is 2. The average molecular weight is 529 g/mol. The van der Waals surface area contributed by atoms with E-state index in [2.05, 4.69) is 16.6 Å². The van der Waals surface area contributed by atoms with Gasteiger partial charge in [-0.05, 0) is 42.4 Å². The van der Waals surface area contributed by atoms with Gasteiger partial charge in [0.2, 0.25) is 11.9 Å². The highest BCUT2D eigenvalue weighted by Crippen LogP contribution is 2.26. The predicted octanol–water partition coefficient (Wildman–Crippen LogP) is 1.37. The summed E-state index contributed by atoms with van der Waals surface area (Å²) < 4.78 is 41.6. The lowest BCUT2D eigenvalue weighted by molar-refractivity contribution is -0.122. The zero-order valence-electron chi connectivity index (χ0n) is 17.6. The lowest BCUT2D eigenvalue weighted by atomic mass is 10.3. The third-order valence-electron chi connectivity index (χ3n) is 3.81. The van der Waals surface area contributed by atoms with Gasteiger partial charge in [0.05, 0.1) is 11.6 Å². The van der Waals surface area contributed by atoms with Crippen LogP contribution >= 0.6 is 23.2 Å². The number of oxime groups is 1. The second-order valence-electron chi connectivity index (χ2n) is 6.16. The Balaban J connectivity index is 0.00000353. The minimum absolute atomic E-state index is 0. The van der Waals surface area contributed by atoms with E-state index >= 15 is 0 Å². The van der Waals surface area contributed by atoms with Crippen molar-refractivity contribution in [3.8, 4) is 0 Å². The molecule has 2 rings (SSSR count). The zero-order valence-corrected chi connectivity index (χ0v) is 19.0. The molecule has 0 bridgehead atoms. The Morgan fingerprint density at radius 2 is 1.94 bits per heavy atom. The quantitative estimate of drug-likeness (QED) is 0.164. The van der Waals surface area contributed by atoms with Crippen LogP contribution in [0.3, 0.4) is 0 Å². The van der Waals surface area contributed by atoms with Gasteiger partial charge in [-0.1, -0.05) is 30.6 Å². The van der Waals surface area contributed by atoms with Crippen molar-refractivity contribution in [2.75, 3.05) is 17.9 Å². The second kappa shape index (κ2) is 12.9. The molecule has 0 unspecified atom stereocenters. The maximum atomic E-state index is 12.8. The molecular formula is C18H25Cl2FN6O5S. The van der Waals surface area contributed by atoms with Crippen LogP contribution in [0.5, 0.6) is 0 Å². The van der Waals surface area contributed by atoms with Gasteiger partial charge >= 0.3 is 0 Å². The molecule has 184 valence electrons. The third-order valence-corrected chi connectivity index (χ3v) is 5.89. The summed E-state index contributed by atoms with van der Waals surface area (Å²) >= 11 is 11.8. The molecule has 0 atom stereocenters. The summed E-state index contributed by atoms with van der Waals surface area (Å²) in [5, 5.41) is 5.98. The lowest BCUT2D eigenvalue weighted by Gasteiger charge is -2.14. The first-order valence-corrected chi connectivity index (χ1v) is 10.9. The minimum Gasteiger partial charge on any atom is -0.391 e. The van der Waals surface area contributed by atoms with Gasteiger partial charge in [-0.25, -0.2) is 8.42 Å². The van der Waals surface area contributed by atoms with Crippen molar-refractivity contribution in [1.82, 2.24) is 9.88 Å². The number of aromatic nitrogens is 1. The summed E-state index contributed by atoms with van der Waals surface area (Å²) in [6.07, 6.45) is 0. The number of nitrogens with two attached hydrogens (primary N) is 2. The minimum atomic E-state index is -4.17. The number of aryl methyl sites for hydroxylation is 1. The van der Waals surface area contributed by atoms with E-state index in [1.807, 2.05) is 0 Å². The van der Waals surface area contributed by atoms with E-state index in [0.29, 0.717) is 5.69 Å². The maximum Gasteiger partial charge on any atom is 0.275 e. The summed E-state index contributed by atoms with van der Waals surface area (Å²) in [6.45, 7) is 1.36. The van der Waals surface area contributed by atoms with E-state index in [1.54, 1.807) is 6.92 Å². The van der Waals surface area contributed by atoms with Gasteiger partial charge < -0.3 is 26.2 Å². The number of halogens is 3. The summed E-state index contributed by atoms with van der Waals surface area (Å²) in [6, 6.07) is 6.65. The average Bonchev–Trinajstić information content (AvgIpc) is 2.74. The van der Waals surface area contributed by atoms with E-state index in [-0.39, 0.29) is 53.7 Å². The largest absolute Gasteiger partial charge is 0.391 e. The van der Waals surface area contributed by atoms with Crippen LogP contribution in [0, 0.1) is 6.92 Å². The first-order chi connectivity index (χ1) is 15.5. The molecule has 15 heteroatoms. The Hall–Kier alpha value is -3.03. The Morgan fingerprint density at radius 3 is 2.55 bits per heavy atom. The van der Waals surface area contributed by atoms with Gasteiger partial charge in [0.25, 0.3) is 17.0 Å². The number of anilines is 1. The molecule has 0 saturated heterocycles. The first-order valence-electron chi connectivity index (χ1n) is 9.05. The van der Waals surface area contributed by atoms with E-state index in [9.17, 15) is 18.0 Å². The Morgan fingerprint density at radius 1 is 1.27 bits per heavy atom. The molecule has 0 aliphatic heterocycles. The van der Waals surface area contributed by atoms with Crippen molar-refractivity contribution in [1.29, 1.82) is 1.45 Å². The van der Waals surface area contributed by atoms with E-state index in [1.165, 1.54) is 30.3 Å². The van der Waals surface area contributed by atoms with Crippen LogP contribution < -0.4 is 27.1 Å². The van der Waals surface area contributed by atoms with Gasteiger partial charge in [-0.15, -0.1) is 0 Å². The number of sulfonamides is 1. The number of hydrogen-bond acceptors (Lipinski definition) is 6. The SMILES string of the molecule is C.Cc1ccc(NS(=O)(=O)c2ccc(Cl)cc2Cl)c(=O)n1CC(=O)NCCON=C(N)N.[3H]F. The molecule has 6 N–H and O–H groups in total. The molecule has 33 heavy (non-hydrogen) atoms. The molecule has 0 spiro atoms. The number of carbonyl (C=O) groups excluding carboxylic acids is 1. The number of nitrogens with zero attached hydrogens (tertiary/aromatic N) is 2. The molecule has 0 radical (unpaired) electrons. The van der Waals surface area contributed by atoms with E-state index in [4.69, 9.17) is 44.2 Å². The molecule has 0 saturated carbocycles. The molecule has 0 aliphatic carbocycles. The Kier molecular flexibility index (Phi) is 10.9. The molecular weight excluding hydrogens is 502 g/mol. The highest BCUT2D eigenvalue weighted by atomic mass is 35.5. The Bertz CT molecular complexity index is 1180. The summed E-state index contributed by atoms with van der Waals surface area (Å²) in [4.78, 5) is 29.4. The highest BCUT2D eigenvalue weighted by Gasteiger charge is 2.21. The third kappa shape index (κ3) is 8.44. The molecule has 0 fully saturated rings. The van der Waals surface area contributed by atoms with Crippen molar-refractivity contribution in [3.05, 3.63) is 56.4 Å². The molecule has 0 aliphatic rings. The molecule has 2 aromatic rings. The van der Waals surface area contributed by atoms with Crippen LogP contribution in [0.1, 0.15) is 13.1 Å². The van der Waals surface area contributed by atoms with Crippen LogP contribution in [0.2, 0.25) is 10.0 Å². The summed E-state index contributed by atoms with van der Waals surface area (Å²) in [7, 11) is -4.17. The van der Waals surface area contributed by atoms with Crippen molar-refractivity contribution >= 4 is 50.8 Å². The molecule has 1 aromatic heterocycles. The predicted molar refractivity (Wildman–Crippen MR) is 127 cm³/mol. The van der Waals surface area contributed by atoms with Gasteiger partial charge in [-0.2, -0.15) is 0 Å². The van der Waals surface area contributed by atoms with Crippen LogP contribution in [0.15, 0.2) is 45.2 Å². The normalized spacial score (nSPS) is 10.5. The Labute approximate surface area is 201 Å². The maximum absolute atomic E-state index is 12.8. The van der Waals surface area contributed by atoms with E-state index < -0.39 is 21.5 Å². The fraction of sp³-hybridized carbons (Fsp3) is 0.278. The molecule has 1 aromatic carbocycles. The van der Waals surface area contributed by atoms with Crippen molar-refractivity contribution in [3.63, 3.8) is 0 Å². The van der Waals surface area contributed by atoms with E-state index in [0.717, 1.165) is 4.57 Å². The fourth-order valence-electron chi connectivity index (χ4n) is 2.39. The monoisotopic (exact) mass is 528 g/mol. The molecule has 11 nitrogen and oxygen atoms in total. The number of guanidine groups is 1. The standard InChI is InChI=1S/C17H20Cl2N6O5S.CH4.FH/c1-10-2-4-13(24-31(28,29)14-5-3-11(18)8-12(14)19)16(27)25(10)9-15(26)22-6-7-30-23-17(20)21;;/h2-5,8,24H,6-7,9H2,1H3,(H,22,26)(H4,20,21,23);1H4;1H/i/hT. The first kappa shape index (κ1) is 28.0. The van der Waals surface area contributed by atoms with Crippen LogP contribution in [0.4, 0.5) is 10.4 Å². The van der Waals surface area contributed by atoms with Crippen molar-refractivity contribution in [2.45, 2.75) is 25.8 Å². The number of benzene rings is 1. The number of rotatable bonds is 9. The summed E-state index contributed by atoms with van der Waals surface area (Å²) in [5.74, 6) is -0.757. The van der Waals surface area contributed by atoms with Gasteiger partial charge in [0.15, 0.2) is 0 Å². The number of hydrogen-bond donors (Lipinski definition) is 4. The van der Waals surface area contributed by atoms with Gasteiger partial charge in [-0.3, -0.25) is 19.0 Å². The van der Waals surface area contributed by atoms with Crippen LogP contribution in [-0.2, 0) is 26.2 Å². The second-order valence-corrected chi connectivity index (χ2v) is 8.65. The van der Waals surface area contributed by atoms with Crippen molar-refractivity contribution < 1.29 is 22.8 Å². The highest BCUT2D eigenvalue weighted by molar-refractivity contribution is 7.92. The number of amides is 1. The number of carbonyl (C=O) groups is 1. The van der Waals surface area contributed by atoms with Crippen molar-refractivity contribution in [2.24, 2.45) is 16.6 Å². The van der Waals surface area contributed by atoms with Crippen LogP contribution in [-0.4, -0.2) is 39.5 Å². The molecule has 1 heterocycles. The molecule has 1 amide bonds. The summed E-state index contributed by atoms with van der Waals surface area (Å²) in [5.41, 5.74) is 9.68. The van der Waals surface area contributed by atoms with Gasteiger partial charge in [0.1, 0.15) is 23.7 Å². The number of pyridine rings is 1.